The summed E-state index contributed by atoms with van der Waals surface area (Å²) in [6.45, 7) is 0. The molecule has 1 saturated heterocycles. The molecular weight excluding hydrogens is 182 g/mol. The zero-order valence-electron chi connectivity index (χ0n) is 7.95. The minimum Gasteiger partial charge on any atom is -0.351 e. The molecule has 0 bridgehead atoms. The van der Waals surface area contributed by atoms with Crippen molar-refractivity contribution in [2.75, 3.05) is 0 Å². The van der Waals surface area contributed by atoms with Crippen LogP contribution < -0.4 is 16.4 Å². The molecule has 78 valence electrons. The van der Waals surface area contributed by atoms with Gasteiger partial charge in [-0.1, -0.05) is 0 Å². The number of carbonyl (C=O) groups excluding carboxylic acids is 2. The SMILES string of the molecule is NC1CC(NC(=O)[C@@H]2CCC(=O)N2)C1. The molecule has 5 nitrogen and oxygen atoms in total. The third-order valence-electron chi connectivity index (χ3n) is 2.83. The van der Waals surface area contributed by atoms with E-state index in [1.165, 1.54) is 0 Å². The van der Waals surface area contributed by atoms with Crippen LogP contribution in [0, 0.1) is 0 Å². The molecule has 0 aromatic carbocycles. The van der Waals surface area contributed by atoms with Crippen LogP contribution in [0.5, 0.6) is 0 Å². The number of rotatable bonds is 2. The maximum absolute atomic E-state index is 11.5. The Morgan fingerprint density at radius 1 is 1.50 bits per heavy atom. The Morgan fingerprint density at radius 2 is 2.21 bits per heavy atom. The lowest BCUT2D eigenvalue weighted by Crippen LogP contribution is -2.54. The molecule has 5 heteroatoms. The lowest BCUT2D eigenvalue weighted by molar-refractivity contribution is -0.126. The van der Waals surface area contributed by atoms with E-state index in [-0.39, 0.29) is 29.9 Å². The van der Waals surface area contributed by atoms with E-state index >= 15 is 0 Å². The first-order valence-corrected chi connectivity index (χ1v) is 5.00. The van der Waals surface area contributed by atoms with Gasteiger partial charge in [0.05, 0.1) is 0 Å². The molecule has 0 unspecified atom stereocenters. The number of nitrogens with one attached hydrogen (secondary N) is 2. The zero-order valence-corrected chi connectivity index (χ0v) is 7.95. The highest BCUT2D eigenvalue weighted by atomic mass is 16.2. The van der Waals surface area contributed by atoms with E-state index in [0.29, 0.717) is 12.8 Å². The van der Waals surface area contributed by atoms with Crippen molar-refractivity contribution in [3.63, 3.8) is 0 Å². The number of hydrogen-bond acceptors (Lipinski definition) is 3. The summed E-state index contributed by atoms with van der Waals surface area (Å²) < 4.78 is 0. The summed E-state index contributed by atoms with van der Waals surface area (Å²) in [5.74, 6) is -0.0942. The largest absolute Gasteiger partial charge is 0.351 e. The Bertz CT molecular complexity index is 261. The van der Waals surface area contributed by atoms with Crippen LogP contribution in [0.4, 0.5) is 0 Å². The Hall–Kier alpha value is -1.10. The van der Waals surface area contributed by atoms with Crippen molar-refractivity contribution in [3.05, 3.63) is 0 Å². The summed E-state index contributed by atoms with van der Waals surface area (Å²) in [5.41, 5.74) is 5.60. The minimum absolute atomic E-state index is 0.0320. The maximum atomic E-state index is 11.5. The third kappa shape index (κ3) is 1.87. The average molecular weight is 197 g/mol. The van der Waals surface area contributed by atoms with Crippen LogP contribution in [0.1, 0.15) is 25.7 Å². The van der Waals surface area contributed by atoms with Gasteiger partial charge in [0.15, 0.2) is 0 Å². The van der Waals surface area contributed by atoms with Gasteiger partial charge < -0.3 is 16.4 Å². The summed E-state index contributed by atoms with van der Waals surface area (Å²) in [4.78, 5) is 22.4. The summed E-state index contributed by atoms with van der Waals surface area (Å²) >= 11 is 0. The quantitative estimate of drug-likeness (QED) is 0.524. The molecule has 1 atom stereocenters. The van der Waals surface area contributed by atoms with Gasteiger partial charge in [-0.2, -0.15) is 0 Å². The minimum atomic E-state index is -0.320. The van der Waals surface area contributed by atoms with Gasteiger partial charge in [-0.25, -0.2) is 0 Å². The zero-order chi connectivity index (χ0) is 10.1. The molecule has 2 aliphatic rings. The van der Waals surface area contributed by atoms with Crippen molar-refractivity contribution in [1.29, 1.82) is 0 Å². The standard InChI is InChI=1S/C9H15N3O2/c10-5-3-6(4-5)11-9(14)7-1-2-8(13)12-7/h5-7H,1-4,10H2,(H,11,14)(H,12,13)/t5?,6?,7-/m0/s1. The fourth-order valence-corrected chi connectivity index (χ4v) is 1.89. The molecule has 1 heterocycles. The summed E-state index contributed by atoms with van der Waals surface area (Å²) in [7, 11) is 0. The fraction of sp³-hybridized carbons (Fsp3) is 0.778. The molecule has 2 fully saturated rings. The molecule has 0 aromatic heterocycles. The van der Waals surface area contributed by atoms with Crippen LogP contribution in [0.25, 0.3) is 0 Å². The van der Waals surface area contributed by atoms with Gasteiger partial charge in [-0.05, 0) is 19.3 Å². The van der Waals surface area contributed by atoms with Crippen LogP contribution in [0.3, 0.4) is 0 Å². The molecule has 1 saturated carbocycles. The Balaban J connectivity index is 1.76. The number of nitrogens with two attached hydrogens (primary N) is 1. The van der Waals surface area contributed by atoms with Gasteiger partial charge in [0.1, 0.15) is 6.04 Å². The molecule has 0 spiro atoms. The normalized spacial score (nSPS) is 36.1. The van der Waals surface area contributed by atoms with Crippen molar-refractivity contribution in [2.45, 2.75) is 43.8 Å². The molecular formula is C9H15N3O2. The van der Waals surface area contributed by atoms with Gasteiger partial charge >= 0.3 is 0 Å². The molecule has 2 amide bonds. The van der Waals surface area contributed by atoms with Crippen molar-refractivity contribution in [3.8, 4) is 0 Å². The van der Waals surface area contributed by atoms with Crippen LogP contribution >= 0.6 is 0 Å². The highest BCUT2D eigenvalue weighted by Gasteiger charge is 2.32. The summed E-state index contributed by atoms with van der Waals surface area (Å²) in [6.07, 6.45) is 2.78. The molecule has 0 aromatic rings. The molecule has 1 aliphatic heterocycles. The van der Waals surface area contributed by atoms with E-state index in [9.17, 15) is 9.59 Å². The number of amides is 2. The Labute approximate surface area is 82.4 Å². The van der Waals surface area contributed by atoms with E-state index in [1.807, 2.05) is 0 Å². The second-order valence-corrected chi connectivity index (χ2v) is 4.10. The van der Waals surface area contributed by atoms with Crippen molar-refractivity contribution >= 4 is 11.8 Å². The Kier molecular flexibility index (Phi) is 2.41. The first kappa shape index (κ1) is 9.45. The van der Waals surface area contributed by atoms with E-state index in [1.54, 1.807) is 0 Å². The number of carbonyl (C=O) groups is 2. The lowest BCUT2D eigenvalue weighted by atomic mass is 9.87. The van der Waals surface area contributed by atoms with Gasteiger partial charge in [0, 0.05) is 18.5 Å². The maximum Gasteiger partial charge on any atom is 0.242 e. The fourth-order valence-electron chi connectivity index (χ4n) is 1.89. The highest BCUT2D eigenvalue weighted by molar-refractivity contribution is 5.90. The highest BCUT2D eigenvalue weighted by Crippen LogP contribution is 2.18. The van der Waals surface area contributed by atoms with E-state index in [2.05, 4.69) is 10.6 Å². The van der Waals surface area contributed by atoms with Gasteiger partial charge in [-0.3, -0.25) is 9.59 Å². The van der Waals surface area contributed by atoms with Crippen LogP contribution in [0.15, 0.2) is 0 Å². The smallest absolute Gasteiger partial charge is 0.242 e. The topological polar surface area (TPSA) is 84.2 Å². The first-order valence-electron chi connectivity index (χ1n) is 5.00. The predicted molar refractivity (Wildman–Crippen MR) is 50.3 cm³/mol. The van der Waals surface area contributed by atoms with Crippen molar-refractivity contribution in [2.24, 2.45) is 5.73 Å². The monoisotopic (exact) mass is 197 g/mol. The van der Waals surface area contributed by atoms with E-state index < -0.39 is 0 Å². The molecule has 14 heavy (non-hydrogen) atoms. The van der Waals surface area contributed by atoms with E-state index in [0.717, 1.165) is 12.8 Å². The summed E-state index contributed by atoms with van der Waals surface area (Å²) in [5, 5.41) is 5.51. The second kappa shape index (κ2) is 3.57. The van der Waals surface area contributed by atoms with Gasteiger partial charge in [0.2, 0.25) is 11.8 Å². The van der Waals surface area contributed by atoms with Gasteiger partial charge in [0.25, 0.3) is 0 Å². The van der Waals surface area contributed by atoms with Gasteiger partial charge in [-0.15, -0.1) is 0 Å². The van der Waals surface area contributed by atoms with Crippen LogP contribution in [0.2, 0.25) is 0 Å². The molecule has 2 rings (SSSR count). The van der Waals surface area contributed by atoms with Crippen molar-refractivity contribution < 1.29 is 9.59 Å². The molecule has 1 aliphatic carbocycles. The second-order valence-electron chi connectivity index (χ2n) is 4.10. The first-order chi connectivity index (χ1) is 6.65. The third-order valence-corrected chi connectivity index (χ3v) is 2.83. The van der Waals surface area contributed by atoms with E-state index in [4.69, 9.17) is 5.73 Å². The lowest BCUT2D eigenvalue weighted by Gasteiger charge is -2.33. The Morgan fingerprint density at radius 3 is 2.71 bits per heavy atom. The molecule has 4 N–H and O–H groups in total. The average Bonchev–Trinajstić information content (AvgIpc) is 2.49. The van der Waals surface area contributed by atoms with Crippen LogP contribution in [-0.2, 0) is 9.59 Å². The molecule has 0 radical (unpaired) electrons. The van der Waals surface area contributed by atoms with Crippen LogP contribution in [-0.4, -0.2) is 29.9 Å². The number of hydrogen-bond donors (Lipinski definition) is 3. The summed E-state index contributed by atoms with van der Waals surface area (Å²) in [6, 6.07) is 0.132. The predicted octanol–water partition coefficient (Wildman–Crippen LogP) is -1.13. The van der Waals surface area contributed by atoms with Crippen molar-refractivity contribution in [1.82, 2.24) is 10.6 Å².